The molecular weight excluding hydrogens is 681 g/mol. The van der Waals surface area contributed by atoms with E-state index >= 15 is 0 Å². The molecular formula is C52H36N4. The van der Waals surface area contributed by atoms with Crippen LogP contribution in [0, 0.1) is 0 Å². The van der Waals surface area contributed by atoms with E-state index in [0.717, 1.165) is 29.2 Å². The lowest BCUT2D eigenvalue weighted by Gasteiger charge is -2.23. The number of aliphatic imine (C=N–C) groups is 1. The van der Waals surface area contributed by atoms with Gasteiger partial charge in [-0.05, 0) is 89.8 Å². The Balaban J connectivity index is 0.926. The highest BCUT2D eigenvalue weighted by atomic mass is 15.3. The predicted molar refractivity (Wildman–Crippen MR) is 233 cm³/mol. The number of rotatable bonds is 6. The SMILES string of the molecule is C1=CC2N=C(c3ccc(-c4c5ccccc5c(-c5ccc(-c6cn7cc(-c8ccccc8)ccc7n6)cc5)c5ccccc45)cc3)CN2C=C1c1ccccc1. The van der Waals surface area contributed by atoms with Crippen LogP contribution in [-0.2, 0) is 0 Å². The first kappa shape index (κ1) is 32.2. The maximum atomic E-state index is 5.11. The molecule has 0 bridgehead atoms. The number of pyridine rings is 1. The normalized spacial score (nSPS) is 15.0. The fourth-order valence-corrected chi connectivity index (χ4v) is 8.51. The highest BCUT2D eigenvalue weighted by molar-refractivity contribution is 6.21. The first-order valence-electron chi connectivity index (χ1n) is 19.2. The Morgan fingerprint density at radius 2 is 0.964 bits per heavy atom. The van der Waals surface area contributed by atoms with E-state index in [1.165, 1.54) is 71.6 Å². The summed E-state index contributed by atoms with van der Waals surface area (Å²) in [4.78, 5) is 12.4. The van der Waals surface area contributed by atoms with E-state index in [4.69, 9.17) is 9.98 Å². The molecule has 1 atom stereocenters. The molecule has 4 nitrogen and oxygen atoms in total. The molecule has 264 valence electrons. The van der Waals surface area contributed by atoms with E-state index in [2.05, 4.69) is 204 Å². The third-order valence-electron chi connectivity index (χ3n) is 11.3. The van der Waals surface area contributed by atoms with Crippen LogP contribution in [0.5, 0.6) is 0 Å². The van der Waals surface area contributed by atoms with Gasteiger partial charge in [0.05, 0.1) is 18.0 Å². The van der Waals surface area contributed by atoms with Crippen molar-refractivity contribution in [3.05, 3.63) is 212 Å². The monoisotopic (exact) mass is 716 g/mol. The average Bonchev–Trinajstić information content (AvgIpc) is 3.91. The van der Waals surface area contributed by atoms with Gasteiger partial charge in [0.1, 0.15) is 11.8 Å². The Hall–Kier alpha value is -7.30. The lowest BCUT2D eigenvalue weighted by Crippen LogP contribution is -2.26. The van der Waals surface area contributed by atoms with Crippen LogP contribution < -0.4 is 0 Å². The van der Waals surface area contributed by atoms with Gasteiger partial charge < -0.3 is 9.30 Å². The summed E-state index contributed by atoms with van der Waals surface area (Å²) in [6.07, 6.45) is 11.0. The summed E-state index contributed by atoms with van der Waals surface area (Å²) in [6.45, 7) is 0.788. The van der Waals surface area contributed by atoms with Gasteiger partial charge >= 0.3 is 0 Å². The van der Waals surface area contributed by atoms with Crippen LogP contribution in [0.4, 0.5) is 0 Å². The summed E-state index contributed by atoms with van der Waals surface area (Å²) < 4.78 is 2.12. The van der Waals surface area contributed by atoms with Crippen molar-refractivity contribution < 1.29 is 0 Å². The molecule has 7 aromatic carbocycles. The van der Waals surface area contributed by atoms with E-state index in [1.54, 1.807) is 0 Å². The zero-order chi connectivity index (χ0) is 37.0. The fourth-order valence-electron chi connectivity index (χ4n) is 8.51. The maximum Gasteiger partial charge on any atom is 0.140 e. The molecule has 4 heterocycles. The Labute approximate surface area is 325 Å². The van der Waals surface area contributed by atoms with Gasteiger partial charge in [0.15, 0.2) is 0 Å². The number of aromatic nitrogens is 2. The van der Waals surface area contributed by atoms with E-state index in [9.17, 15) is 0 Å². The molecule has 2 aromatic heterocycles. The Morgan fingerprint density at radius 3 is 1.57 bits per heavy atom. The third-order valence-corrected chi connectivity index (χ3v) is 11.3. The molecule has 1 unspecified atom stereocenters. The number of nitrogens with zero attached hydrogens (tertiary/aromatic N) is 4. The van der Waals surface area contributed by atoms with Crippen LogP contribution in [0.1, 0.15) is 11.1 Å². The van der Waals surface area contributed by atoms with Crippen molar-refractivity contribution >= 4 is 38.5 Å². The molecule has 56 heavy (non-hydrogen) atoms. The molecule has 0 spiro atoms. The second kappa shape index (κ2) is 13.2. The topological polar surface area (TPSA) is 32.9 Å². The molecule has 0 fully saturated rings. The molecule has 0 amide bonds. The summed E-state index contributed by atoms with van der Waals surface area (Å²) in [5.41, 5.74) is 15.0. The van der Waals surface area contributed by atoms with E-state index in [1.807, 2.05) is 6.07 Å². The van der Waals surface area contributed by atoms with Crippen molar-refractivity contribution in [3.63, 3.8) is 0 Å². The molecule has 2 aliphatic heterocycles. The van der Waals surface area contributed by atoms with Crippen LogP contribution in [0.3, 0.4) is 0 Å². The molecule has 11 rings (SSSR count). The minimum Gasteiger partial charge on any atom is -0.346 e. The van der Waals surface area contributed by atoms with Crippen LogP contribution >= 0.6 is 0 Å². The quantitative estimate of drug-likeness (QED) is 0.161. The number of imidazole rings is 1. The summed E-state index contributed by atoms with van der Waals surface area (Å²) in [6, 6.07) is 60.9. The second-order valence-corrected chi connectivity index (χ2v) is 14.6. The van der Waals surface area contributed by atoms with Crippen LogP contribution in [0.2, 0.25) is 0 Å². The summed E-state index contributed by atoms with van der Waals surface area (Å²) in [7, 11) is 0. The van der Waals surface area contributed by atoms with Crippen molar-refractivity contribution in [2.45, 2.75) is 6.17 Å². The third kappa shape index (κ3) is 5.54. The van der Waals surface area contributed by atoms with Crippen molar-refractivity contribution in [3.8, 4) is 44.6 Å². The minimum atomic E-state index is 0.0410. The van der Waals surface area contributed by atoms with Crippen LogP contribution in [0.25, 0.3) is 77.4 Å². The van der Waals surface area contributed by atoms with Gasteiger partial charge in [-0.15, -0.1) is 0 Å². The lowest BCUT2D eigenvalue weighted by atomic mass is 9.85. The van der Waals surface area contributed by atoms with Gasteiger partial charge in [-0.2, -0.15) is 0 Å². The maximum absolute atomic E-state index is 5.11. The molecule has 0 aliphatic carbocycles. The Kier molecular flexibility index (Phi) is 7.59. The number of fused-ring (bicyclic) bond motifs is 4. The van der Waals surface area contributed by atoms with Gasteiger partial charge in [-0.1, -0.05) is 164 Å². The van der Waals surface area contributed by atoms with Crippen LogP contribution in [0.15, 0.2) is 206 Å². The predicted octanol–water partition coefficient (Wildman–Crippen LogP) is 12.4. The van der Waals surface area contributed by atoms with Crippen LogP contribution in [-0.4, -0.2) is 32.7 Å². The number of allylic oxidation sites excluding steroid dienone is 2. The van der Waals surface area contributed by atoms with Crippen molar-refractivity contribution in [2.24, 2.45) is 4.99 Å². The Morgan fingerprint density at radius 1 is 0.446 bits per heavy atom. The number of benzene rings is 7. The zero-order valence-corrected chi connectivity index (χ0v) is 30.6. The van der Waals surface area contributed by atoms with E-state index < -0.39 is 0 Å². The Bertz CT molecular complexity index is 2970. The van der Waals surface area contributed by atoms with Gasteiger partial charge in [0.2, 0.25) is 0 Å². The summed E-state index contributed by atoms with van der Waals surface area (Å²) in [5.74, 6) is 0. The van der Waals surface area contributed by atoms with E-state index in [-0.39, 0.29) is 6.17 Å². The standard InChI is InChI=1S/C52H36N4/c1-3-11-35(12-4-1)41-27-29-49-53-47(33-55(49)31-41)37-19-23-39(24-20-37)51-43-15-7-9-17-45(43)52(46-18-10-8-16-44(46)51)40-25-21-38(22-26-40)48-34-56-32-42(28-30-50(56)54-48)36-13-5-2-6-14-36/h1-33,50H,34H2. The van der Waals surface area contributed by atoms with Crippen molar-refractivity contribution in [1.29, 1.82) is 0 Å². The molecule has 2 aliphatic rings. The fraction of sp³-hybridized carbons (Fsp3) is 0.0385. The van der Waals surface area contributed by atoms with E-state index in [0.29, 0.717) is 0 Å². The first-order valence-corrected chi connectivity index (χ1v) is 19.2. The van der Waals surface area contributed by atoms with Gasteiger partial charge in [0.25, 0.3) is 0 Å². The average molecular weight is 717 g/mol. The highest BCUT2D eigenvalue weighted by Gasteiger charge is 2.26. The van der Waals surface area contributed by atoms with Gasteiger partial charge in [0, 0.05) is 24.2 Å². The zero-order valence-electron chi connectivity index (χ0n) is 30.6. The molecule has 4 heteroatoms. The highest BCUT2D eigenvalue weighted by Crippen LogP contribution is 2.44. The largest absolute Gasteiger partial charge is 0.346 e. The number of hydrogen-bond donors (Lipinski definition) is 0. The molecule has 0 radical (unpaired) electrons. The summed E-state index contributed by atoms with van der Waals surface area (Å²) in [5, 5.41) is 4.96. The second-order valence-electron chi connectivity index (χ2n) is 14.6. The lowest BCUT2D eigenvalue weighted by molar-refractivity contribution is 0.396. The van der Waals surface area contributed by atoms with Gasteiger partial charge in [-0.25, -0.2) is 4.98 Å². The molecule has 0 N–H and O–H groups in total. The molecule has 0 saturated carbocycles. The van der Waals surface area contributed by atoms with Crippen molar-refractivity contribution in [1.82, 2.24) is 14.3 Å². The smallest absolute Gasteiger partial charge is 0.140 e. The summed E-state index contributed by atoms with van der Waals surface area (Å²) >= 11 is 0. The van der Waals surface area contributed by atoms with Crippen molar-refractivity contribution in [2.75, 3.05) is 6.54 Å². The molecule has 0 saturated heterocycles. The number of hydrogen-bond acceptors (Lipinski definition) is 3. The first-order chi connectivity index (χ1) is 27.7. The van der Waals surface area contributed by atoms with Gasteiger partial charge in [-0.3, -0.25) is 4.99 Å². The minimum absolute atomic E-state index is 0.0410. The molecule has 9 aromatic rings.